The Labute approximate surface area is 238 Å². The molecule has 0 aliphatic heterocycles. The highest BCUT2D eigenvalue weighted by Gasteiger charge is 2.16. The minimum Gasteiger partial charge on any atom is -0.321 e. The average molecular weight is 537 g/mol. The van der Waals surface area contributed by atoms with Crippen molar-refractivity contribution >= 4 is 46.2 Å². The quantitative estimate of drug-likeness (QED) is 0.160. The molecular weight excluding hydrogens is 508 g/mol. The third-order valence-corrected chi connectivity index (χ3v) is 6.55. The Morgan fingerprint density at radius 2 is 1.39 bits per heavy atom. The van der Waals surface area contributed by atoms with Gasteiger partial charge in [-0.25, -0.2) is 0 Å². The number of ketones is 1. The van der Waals surface area contributed by atoms with E-state index in [9.17, 15) is 14.4 Å². The number of hydrogen-bond acceptors (Lipinski definition) is 3. The van der Waals surface area contributed by atoms with E-state index in [2.05, 4.69) is 10.6 Å². The molecule has 5 aromatic carbocycles. The number of fused-ring (bicyclic) bond motifs is 1. The highest BCUT2D eigenvalue weighted by atomic mass is 16.2. The highest BCUT2D eigenvalue weighted by molar-refractivity contribution is 6.12. The first kappa shape index (κ1) is 27.0. The van der Waals surface area contributed by atoms with E-state index in [1.807, 2.05) is 79.7 Å². The zero-order valence-electron chi connectivity index (χ0n) is 22.5. The second kappa shape index (κ2) is 12.5. The van der Waals surface area contributed by atoms with Gasteiger partial charge >= 0.3 is 0 Å². The average Bonchev–Trinajstić information content (AvgIpc) is 3.00. The Balaban J connectivity index is 1.37. The fourth-order valence-electron chi connectivity index (χ4n) is 4.43. The van der Waals surface area contributed by atoms with Gasteiger partial charge in [0.25, 0.3) is 11.8 Å². The van der Waals surface area contributed by atoms with E-state index in [1.54, 1.807) is 60.7 Å². The minimum atomic E-state index is -0.486. The predicted octanol–water partition coefficient (Wildman–Crippen LogP) is 7.45. The van der Waals surface area contributed by atoms with Crippen LogP contribution in [0.25, 0.3) is 22.9 Å². The zero-order chi connectivity index (χ0) is 28.6. The van der Waals surface area contributed by atoms with Gasteiger partial charge in [0.2, 0.25) is 0 Å². The summed E-state index contributed by atoms with van der Waals surface area (Å²) in [6, 6.07) is 36.9. The maximum Gasteiger partial charge on any atom is 0.272 e. The van der Waals surface area contributed by atoms with E-state index >= 15 is 0 Å². The van der Waals surface area contributed by atoms with E-state index in [0.29, 0.717) is 16.8 Å². The molecule has 0 aromatic heterocycles. The summed E-state index contributed by atoms with van der Waals surface area (Å²) < 4.78 is 0. The van der Waals surface area contributed by atoms with Crippen LogP contribution in [0.2, 0.25) is 0 Å². The molecule has 0 aliphatic carbocycles. The molecule has 2 amide bonds. The van der Waals surface area contributed by atoms with Crippen molar-refractivity contribution in [1.82, 2.24) is 5.32 Å². The SMILES string of the molecule is Cc1cccc(/C=C/C(=O)c2ccc(NC(=O)/C(=C/c3cccc4ccccc34)NC(=O)c3ccccc3)cc2)c1. The largest absolute Gasteiger partial charge is 0.321 e. The Kier molecular flexibility index (Phi) is 8.27. The topological polar surface area (TPSA) is 75.3 Å². The first-order valence-corrected chi connectivity index (χ1v) is 13.2. The molecule has 5 nitrogen and oxygen atoms in total. The number of benzene rings is 5. The summed E-state index contributed by atoms with van der Waals surface area (Å²) in [6.07, 6.45) is 4.99. The van der Waals surface area contributed by atoms with Gasteiger partial charge in [0.05, 0.1) is 0 Å². The van der Waals surface area contributed by atoms with Gasteiger partial charge in [0.15, 0.2) is 5.78 Å². The van der Waals surface area contributed by atoms with Crippen molar-refractivity contribution < 1.29 is 14.4 Å². The van der Waals surface area contributed by atoms with E-state index in [0.717, 1.165) is 27.5 Å². The summed E-state index contributed by atoms with van der Waals surface area (Å²) >= 11 is 0. The van der Waals surface area contributed by atoms with Gasteiger partial charge in [-0.1, -0.05) is 96.6 Å². The van der Waals surface area contributed by atoms with Crippen molar-refractivity contribution in [2.75, 3.05) is 5.32 Å². The fourth-order valence-corrected chi connectivity index (χ4v) is 4.43. The van der Waals surface area contributed by atoms with Crippen LogP contribution in [0.15, 0.2) is 133 Å². The Hall–Kier alpha value is -5.55. The molecule has 0 saturated carbocycles. The number of aryl methyl sites for hydroxylation is 1. The number of amides is 2. The Morgan fingerprint density at radius 3 is 2.17 bits per heavy atom. The van der Waals surface area contributed by atoms with Gasteiger partial charge in [-0.3, -0.25) is 14.4 Å². The molecule has 0 spiro atoms. The predicted molar refractivity (Wildman–Crippen MR) is 165 cm³/mol. The summed E-state index contributed by atoms with van der Waals surface area (Å²) in [5.74, 6) is -1.02. The molecule has 41 heavy (non-hydrogen) atoms. The van der Waals surface area contributed by atoms with Gasteiger partial charge in [-0.15, -0.1) is 0 Å². The van der Waals surface area contributed by atoms with E-state index < -0.39 is 11.8 Å². The van der Waals surface area contributed by atoms with Crippen molar-refractivity contribution in [2.24, 2.45) is 0 Å². The number of carbonyl (C=O) groups is 3. The van der Waals surface area contributed by atoms with E-state index in [1.165, 1.54) is 6.08 Å². The molecule has 5 rings (SSSR count). The summed E-state index contributed by atoms with van der Waals surface area (Å²) in [6.45, 7) is 2.00. The lowest BCUT2D eigenvalue weighted by Crippen LogP contribution is -2.30. The third-order valence-electron chi connectivity index (χ3n) is 6.55. The van der Waals surface area contributed by atoms with Crippen LogP contribution in [-0.4, -0.2) is 17.6 Å². The van der Waals surface area contributed by atoms with Crippen LogP contribution in [0, 0.1) is 6.92 Å². The molecule has 5 heteroatoms. The van der Waals surface area contributed by atoms with E-state index in [-0.39, 0.29) is 11.5 Å². The maximum atomic E-state index is 13.5. The lowest BCUT2D eigenvalue weighted by molar-refractivity contribution is -0.113. The monoisotopic (exact) mass is 536 g/mol. The summed E-state index contributed by atoms with van der Waals surface area (Å²) in [7, 11) is 0. The van der Waals surface area contributed by atoms with Crippen LogP contribution < -0.4 is 10.6 Å². The van der Waals surface area contributed by atoms with Crippen LogP contribution in [0.4, 0.5) is 5.69 Å². The smallest absolute Gasteiger partial charge is 0.272 e. The van der Waals surface area contributed by atoms with Crippen molar-refractivity contribution in [1.29, 1.82) is 0 Å². The van der Waals surface area contributed by atoms with Gasteiger partial charge in [-0.05, 0) is 77.4 Å². The second-order valence-electron chi connectivity index (χ2n) is 9.59. The standard InChI is InChI=1S/C36H28N2O3/c1-25-9-7-10-26(23-25)17-22-34(39)28-18-20-31(21-19-28)37-36(41)33(38-35(40)29-12-3-2-4-13-29)24-30-15-8-14-27-11-5-6-16-32(27)30/h2-24H,1H3,(H,37,41)(H,38,40)/b22-17+,33-24-. The van der Waals surface area contributed by atoms with Crippen LogP contribution in [-0.2, 0) is 4.79 Å². The zero-order valence-corrected chi connectivity index (χ0v) is 22.5. The molecule has 0 aliphatic rings. The molecular formula is C36H28N2O3. The fraction of sp³-hybridized carbons (Fsp3) is 0.0278. The molecule has 200 valence electrons. The van der Waals surface area contributed by atoms with Crippen LogP contribution in [0.3, 0.4) is 0 Å². The van der Waals surface area contributed by atoms with Gasteiger partial charge in [-0.2, -0.15) is 0 Å². The van der Waals surface area contributed by atoms with Crippen molar-refractivity contribution in [2.45, 2.75) is 6.92 Å². The van der Waals surface area contributed by atoms with Gasteiger partial charge < -0.3 is 10.6 Å². The number of rotatable bonds is 8. The molecule has 0 saturated heterocycles. The van der Waals surface area contributed by atoms with Crippen LogP contribution in [0.1, 0.15) is 37.4 Å². The highest BCUT2D eigenvalue weighted by Crippen LogP contribution is 2.21. The van der Waals surface area contributed by atoms with E-state index in [4.69, 9.17) is 0 Å². The Morgan fingerprint density at radius 1 is 0.683 bits per heavy atom. The molecule has 0 radical (unpaired) electrons. The summed E-state index contributed by atoms with van der Waals surface area (Å²) in [5, 5.41) is 7.60. The first-order valence-electron chi connectivity index (χ1n) is 13.2. The molecule has 0 atom stereocenters. The molecule has 0 bridgehead atoms. The number of carbonyl (C=O) groups excluding carboxylic acids is 3. The number of allylic oxidation sites excluding steroid dienone is 1. The lowest BCUT2D eigenvalue weighted by atomic mass is 10.0. The van der Waals surface area contributed by atoms with Crippen molar-refractivity contribution in [3.63, 3.8) is 0 Å². The minimum absolute atomic E-state index is 0.0939. The number of nitrogens with one attached hydrogen (secondary N) is 2. The first-order chi connectivity index (χ1) is 20.0. The third kappa shape index (κ3) is 6.91. The van der Waals surface area contributed by atoms with Crippen LogP contribution in [0.5, 0.6) is 0 Å². The number of anilines is 1. The molecule has 0 heterocycles. The molecule has 0 unspecified atom stereocenters. The Bertz CT molecular complexity index is 1780. The normalized spacial score (nSPS) is 11.4. The molecule has 0 fully saturated rings. The second-order valence-corrected chi connectivity index (χ2v) is 9.59. The molecule has 5 aromatic rings. The van der Waals surface area contributed by atoms with Crippen molar-refractivity contribution in [3.05, 3.63) is 161 Å². The van der Waals surface area contributed by atoms with Gasteiger partial charge in [0.1, 0.15) is 5.70 Å². The summed E-state index contributed by atoms with van der Waals surface area (Å²) in [5.41, 5.74) is 4.38. The molecule has 2 N–H and O–H groups in total. The van der Waals surface area contributed by atoms with Crippen molar-refractivity contribution in [3.8, 4) is 0 Å². The maximum absolute atomic E-state index is 13.5. The van der Waals surface area contributed by atoms with Gasteiger partial charge in [0, 0.05) is 16.8 Å². The van der Waals surface area contributed by atoms with Crippen LogP contribution >= 0.6 is 0 Å². The summed E-state index contributed by atoms with van der Waals surface area (Å²) in [4.78, 5) is 39.1. The lowest BCUT2D eigenvalue weighted by Gasteiger charge is -2.12. The number of hydrogen-bond donors (Lipinski definition) is 2.